The van der Waals surface area contributed by atoms with E-state index in [1.54, 1.807) is 0 Å². The highest BCUT2D eigenvalue weighted by molar-refractivity contribution is 6.22. The number of hydrogen-bond acceptors (Lipinski definition) is 7. The van der Waals surface area contributed by atoms with Crippen molar-refractivity contribution in [2.24, 2.45) is 0 Å². The van der Waals surface area contributed by atoms with Crippen molar-refractivity contribution in [2.45, 2.75) is 19.4 Å². The van der Waals surface area contributed by atoms with Crippen LogP contribution in [-0.4, -0.2) is 101 Å². The average Bonchev–Trinajstić information content (AvgIpc) is 3.44. The van der Waals surface area contributed by atoms with Crippen LogP contribution in [0.3, 0.4) is 0 Å². The predicted octanol–water partition coefficient (Wildman–Crippen LogP) is -0.654. The Balaban J connectivity index is 0.000000160. The molecule has 0 aromatic carbocycles. The summed E-state index contributed by atoms with van der Waals surface area (Å²) in [5.41, 5.74) is 1.89. The van der Waals surface area contributed by atoms with Crippen molar-refractivity contribution in [1.82, 2.24) is 19.6 Å². The van der Waals surface area contributed by atoms with Gasteiger partial charge in [0.1, 0.15) is 11.4 Å². The van der Waals surface area contributed by atoms with Crippen LogP contribution in [0, 0.1) is 0 Å². The van der Waals surface area contributed by atoms with Crippen molar-refractivity contribution < 1.29 is 19.5 Å². The minimum Gasteiger partial charge on any atom is -0.481 e. The number of nitrogens with zero attached hydrogens (tertiary/aromatic N) is 4. The molecule has 0 aromatic rings. The maximum atomic E-state index is 12.4. The number of hydrogen-bond donors (Lipinski definition) is 1. The molecule has 8 heteroatoms. The molecular formula is C18H24N4O4. The van der Waals surface area contributed by atoms with E-state index in [2.05, 4.69) is 11.8 Å². The van der Waals surface area contributed by atoms with Gasteiger partial charge < -0.3 is 19.8 Å². The van der Waals surface area contributed by atoms with Crippen LogP contribution in [0.25, 0.3) is 0 Å². The Bertz CT molecular complexity index is 717. The lowest BCUT2D eigenvalue weighted by atomic mass is 10.0. The molecule has 0 bridgehead atoms. The maximum Gasteiger partial charge on any atom is 0.304 e. The Morgan fingerprint density at radius 1 is 1.04 bits per heavy atom. The number of ketones is 2. The van der Waals surface area contributed by atoms with Gasteiger partial charge in [-0.3, -0.25) is 19.3 Å². The lowest BCUT2D eigenvalue weighted by molar-refractivity contribution is -0.137. The molecule has 1 N–H and O–H groups in total. The maximum absolute atomic E-state index is 12.4. The number of allylic oxidation sites excluding steroid dienone is 1. The molecule has 0 amide bonds. The van der Waals surface area contributed by atoms with Crippen LogP contribution in [0.2, 0.25) is 0 Å². The zero-order valence-corrected chi connectivity index (χ0v) is 15.0. The van der Waals surface area contributed by atoms with E-state index in [1.807, 2.05) is 14.7 Å². The summed E-state index contributed by atoms with van der Waals surface area (Å²) in [4.78, 5) is 42.6. The lowest BCUT2D eigenvalue weighted by Crippen LogP contribution is -2.29. The van der Waals surface area contributed by atoms with Crippen LogP contribution in [0.5, 0.6) is 0 Å². The van der Waals surface area contributed by atoms with Gasteiger partial charge in [-0.2, -0.15) is 0 Å². The first-order chi connectivity index (χ1) is 12.5. The van der Waals surface area contributed by atoms with Crippen LogP contribution in [-0.2, 0) is 14.4 Å². The van der Waals surface area contributed by atoms with Gasteiger partial charge in [0.05, 0.1) is 12.1 Å². The van der Waals surface area contributed by atoms with E-state index < -0.39 is 5.97 Å². The molecule has 2 unspecified atom stereocenters. The summed E-state index contributed by atoms with van der Waals surface area (Å²) in [5.74, 6) is -0.651. The van der Waals surface area contributed by atoms with Gasteiger partial charge in [0, 0.05) is 64.5 Å². The van der Waals surface area contributed by atoms with Gasteiger partial charge in [-0.05, 0) is 6.92 Å². The summed E-state index contributed by atoms with van der Waals surface area (Å²) in [6, 6.07) is 0.629. The third-order valence-electron chi connectivity index (χ3n) is 5.09. The molecule has 140 valence electrons. The molecule has 0 saturated carbocycles. The fourth-order valence-electron chi connectivity index (χ4n) is 3.12. The second-order valence-corrected chi connectivity index (χ2v) is 7.37. The minimum atomic E-state index is -0.700. The molecule has 0 spiro atoms. The summed E-state index contributed by atoms with van der Waals surface area (Å²) in [5, 5.41) is 8.25. The first kappa shape index (κ1) is 17.1. The number of carbonyl (C=O) groups is 3. The van der Waals surface area contributed by atoms with Gasteiger partial charge in [0.2, 0.25) is 11.6 Å². The molecule has 4 aliphatic heterocycles. The third-order valence-corrected chi connectivity index (χ3v) is 5.09. The number of rotatable bonds is 6. The molecule has 5 aliphatic rings. The van der Waals surface area contributed by atoms with Crippen LogP contribution in [0.1, 0.15) is 13.3 Å². The zero-order chi connectivity index (χ0) is 18.4. The molecule has 1 aliphatic carbocycles. The Morgan fingerprint density at radius 3 is 2.04 bits per heavy atom. The summed E-state index contributed by atoms with van der Waals surface area (Å²) in [6.07, 6.45) is 1.81. The number of carboxylic acid groups (broad SMARTS) is 1. The highest BCUT2D eigenvalue weighted by atomic mass is 16.4. The van der Waals surface area contributed by atoms with Crippen molar-refractivity contribution in [3.05, 3.63) is 23.2 Å². The number of Topliss-reactive ketones (excluding diaryl/α,β-unsaturated/α-hetero) is 1. The van der Waals surface area contributed by atoms with Crippen LogP contribution < -0.4 is 0 Å². The molecule has 4 fully saturated rings. The average molecular weight is 360 g/mol. The van der Waals surface area contributed by atoms with E-state index in [9.17, 15) is 14.4 Å². The highest BCUT2D eigenvalue weighted by Gasteiger charge is 2.43. The van der Waals surface area contributed by atoms with E-state index in [4.69, 9.17) is 5.11 Å². The first-order valence-corrected chi connectivity index (χ1v) is 9.21. The van der Waals surface area contributed by atoms with Crippen LogP contribution in [0.15, 0.2) is 23.2 Å². The topological polar surface area (TPSA) is 83.5 Å². The van der Waals surface area contributed by atoms with Crippen LogP contribution in [0.4, 0.5) is 0 Å². The van der Waals surface area contributed by atoms with Gasteiger partial charge in [-0.15, -0.1) is 0 Å². The fourth-order valence-corrected chi connectivity index (χ4v) is 3.12. The lowest BCUT2D eigenvalue weighted by Gasteiger charge is -2.21. The van der Waals surface area contributed by atoms with E-state index in [-0.39, 0.29) is 18.0 Å². The fraction of sp³-hybridized carbons (Fsp3) is 0.611. The second-order valence-electron chi connectivity index (χ2n) is 7.37. The molecule has 26 heavy (non-hydrogen) atoms. The number of aliphatic carboxylic acids is 1. The zero-order valence-electron chi connectivity index (χ0n) is 15.0. The quantitative estimate of drug-likeness (QED) is 0.494. The summed E-state index contributed by atoms with van der Waals surface area (Å²) < 4.78 is 0. The van der Waals surface area contributed by atoms with E-state index in [0.717, 1.165) is 52.4 Å². The van der Waals surface area contributed by atoms with Crippen molar-refractivity contribution >= 4 is 17.5 Å². The van der Waals surface area contributed by atoms with E-state index >= 15 is 0 Å². The molecule has 8 nitrogen and oxygen atoms in total. The normalized spacial score (nSPS) is 28.5. The molecule has 4 saturated heterocycles. The third kappa shape index (κ3) is 3.75. The SMILES string of the molecule is CC1CN1CCC(=O)O.O=C1C=C(N2CC2)C(=O)C(N2CC2)=C1N1CC1. The Labute approximate surface area is 152 Å². The summed E-state index contributed by atoms with van der Waals surface area (Å²) >= 11 is 0. The Kier molecular flexibility index (Phi) is 4.22. The van der Waals surface area contributed by atoms with Gasteiger partial charge in [0.25, 0.3) is 0 Å². The summed E-state index contributed by atoms with van der Waals surface area (Å²) in [7, 11) is 0. The van der Waals surface area contributed by atoms with Crippen molar-refractivity contribution in [2.75, 3.05) is 52.4 Å². The molecule has 4 heterocycles. The van der Waals surface area contributed by atoms with E-state index in [0.29, 0.717) is 23.1 Å². The molecule has 2 atom stereocenters. The summed E-state index contributed by atoms with van der Waals surface area (Å²) in [6.45, 7) is 9.30. The molecule has 0 aromatic heterocycles. The second kappa shape index (κ2) is 6.42. The van der Waals surface area contributed by atoms with Crippen molar-refractivity contribution in [3.8, 4) is 0 Å². The Hall–Kier alpha value is -2.35. The first-order valence-electron chi connectivity index (χ1n) is 9.21. The molecular weight excluding hydrogens is 336 g/mol. The number of carbonyl (C=O) groups excluding carboxylic acids is 2. The Morgan fingerprint density at radius 2 is 1.58 bits per heavy atom. The smallest absolute Gasteiger partial charge is 0.304 e. The van der Waals surface area contributed by atoms with Crippen LogP contribution >= 0.6 is 0 Å². The van der Waals surface area contributed by atoms with Gasteiger partial charge in [-0.25, -0.2) is 0 Å². The van der Waals surface area contributed by atoms with Crippen molar-refractivity contribution in [1.29, 1.82) is 0 Å². The number of carboxylic acids is 1. The standard InChI is InChI=1S/C12H13N3O2.C6H11NO2/c16-9-7-8(13-1-2-13)12(17)11(15-5-6-15)10(9)14-3-4-14;1-5-4-7(5)3-2-6(8)9/h7H,1-6H2;5H,2-4H2,1H3,(H,8,9). The van der Waals surface area contributed by atoms with Crippen molar-refractivity contribution in [3.63, 3.8) is 0 Å². The largest absolute Gasteiger partial charge is 0.481 e. The van der Waals surface area contributed by atoms with Gasteiger partial charge in [-0.1, -0.05) is 0 Å². The van der Waals surface area contributed by atoms with E-state index in [1.165, 1.54) is 6.08 Å². The molecule has 5 rings (SSSR count). The monoisotopic (exact) mass is 360 g/mol. The predicted molar refractivity (Wildman–Crippen MR) is 93.1 cm³/mol. The van der Waals surface area contributed by atoms with Gasteiger partial charge in [0.15, 0.2) is 0 Å². The molecule has 0 radical (unpaired) electrons. The highest BCUT2D eigenvalue weighted by Crippen LogP contribution is 2.33. The minimum absolute atomic E-state index is 0.00546. The van der Waals surface area contributed by atoms with Gasteiger partial charge >= 0.3 is 5.97 Å².